The summed E-state index contributed by atoms with van der Waals surface area (Å²) in [5.74, 6) is -3.25. The second-order valence-corrected chi connectivity index (χ2v) is 1.47. The van der Waals surface area contributed by atoms with Crippen molar-refractivity contribution in [3.8, 4) is 0 Å². The van der Waals surface area contributed by atoms with E-state index in [1.165, 1.54) is 0 Å². The second-order valence-electron chi connectivity index (χ2n) is 1.47. The minimum Gasteiger partial charge on any atom is -0.550 e. The molecule has 16 heavy (non-hydrogen) atoms. The number of hydrogen-bond acceptors (Lipinski definition) is 6. The maximum atomic E-state index is 8.89. The van der Waals surface area contributed by atoms with Crippen LogP contribution in [0.25, 0.3) is 0 Å². The maximum Gasteiger partial charge on any atom is 3.00 e. The Morgan fingerprint density at radius 3 is 0.625 bits per heavy atom. The Labute approximate surface area is 107 Å². The first-order valence-corrected chi connectivity index (χ1v) is 2.72. The van der Waals surface area contributed by atoms with Gasteiger partial charge in [0.2, 0.25) is 0 Å². The van der Waals surface area contributed by atoms with Crippen molar-refractivity contribution in [2.24, 2.45) is 0 Å². The molecule has 0 heterocycles. The van der Waals surface area contributed by atoms with E-state index >= 15 is 0 Å². The molecule has 0 aliphatic rings. The van der Waals surface area contributed by atoms with E-state index in [-0.39, 0.29) is 38.1 Å². The molecule has 0 aromatic carbocycles. The van der Waals surface area contributed by atoms with E-state index in [9.17, 15) is 0 Å². The number of carbonyl (C=O) groups excluding carboxylic acids is 3. The normalized spacial score (nSPS) is 4.69. The van der Waals surface area contributed by atoms with Gasteiger partial charge in [-0.1, -0.05) is 0 Å². The molecule has 0 atom stereocenters. The Morgan fingerprint density at radius 2 is 0.625 bits per heavy atom. The van der Waals surface area contributed by atoms with Crippen molar-refractivity contribution in [2.75, 3.05) is 0 Å². The molecule has 0 saturated carbocycles. The second kappa shape index (κ2) is 37.0. The minimum atomic E-state index is -1.08. The fourth-order valence-electron chi connectivity index (χ4n) is 0. The molecule has 9 nitrogen and oxygen atoms in total. The van der Waals surface area contributed by atoms with E-state index < -0.39 is 17.9 Å². The molecule has 0 spiro atoms. The van der Waals surface area contributed by atoms with Gasteiger partial charge < -0.3 is 46.1 Å². The molecule has 10 heteroatoms. The third-order valence-corrected chi connectivity index (χ3v) is 0. The van der Waals surface area contributed by atoms with Gasteiger partial charge in [0, 0.05) is 17.9 Å². The van der Waals surface area contributed by atoms with Crippen LogP contribution in [0.4, 0.5) is 0 Å². The average molecular weight is 279 g/mol. The van der Waals surface area contributed by atoms with Gasteiger partial charge in [-0.15, -0.1) is 0 Å². The van der Waals surface area contributed by atoms with Crippen LogP contribution in [0.3, 0.4) is 0 Å². The number of carboxylic acids is 3. The van der Waals surface area contributed by atoms with Crippen LogP contribution in [0.2, 0.25) is 0 Å². The summed E-state index contributed by atoms with van der Waals surface area (Å²) in [6.45, 7) is 2.92. The van der Waals surface area contributed by atoms with Gasteiger partial charge in [0.25, 0.3) is 0 Å². The molecule has 0 saturated heterocycles. The van der Waals surface area contributed by atoms with E-state index in [1.54, 1.807) is 0 Å². The van der Waals surface area contributed by atoms with Crippen LogP contribution in [-0.4, -0.2) is 34.3 Å². The van der Waals surface area contributed by atoms with Crippen molar-refractivity contribution >= 4 is 17.9 Å². The molecule has 6 N–H and O–H groups in total. The first-order chi connectivity index (χ1) is 5.20. The van der Waals surface area contributed by atoms with Crippen LogP contribution in [0.15, 0.2) is 0 Å². The zero-order valence-corrected chi connectivity index (χ0v) is 10.5. The van der Waals surface area contributed by atoms with Crippen molar-refractivity contribution < 1.29 is 67.8 Å². The van der Waals surface area contributed by atoms with Gasteiger partial charge in [0.05, 0.1) is 0 Å². The number of carbonyl (C=O) groups is 3. The van der Waals surface area contributed by atoms with Gasteiger partial charge in [-0.3, -0.25) is 0 Å². The SMILES string of the molecule is CC(=O)[O-].CC(=O)[O-].CC(=O)[O-].O.O.O.[Ti+3]. The molecule has 0 aliphatic carbocycles. The van der Waals surface area contributed by atoms with Crippen molar-refractivity contribution in [1.82, 2.24) is 0 Å². The van der Waals surface area contributed by atoms with Gasteiger partial charge in [-0.05, 0) is 20.8 Å². The van der Waals surface area contributed by atoms with E-state index in [0.717, 1.165) is 20.8 Å². The van der Waals surface area contributed by atoms with Crippen LogP contribution in [0.5, 0.6) is 0 Å². The summed E-state index contributed by atoms with van der Waals surface area (Å²) in [6, 6.07) is 0. The summed E-state index contributed by atoms with van der Waals surface area (Å²) in [5, 5.41) is 26.7. The number of carboxylic acid groups (broad SMARTS) is 3. The first kappa shape index (κ1) is 45.9. The summed E-state index contributed by atoms with van der Waals surface area (Å²) >= 11 is 0. The molecule has 1 radical (unpaired) electrons. The number of hydrogen-bond donors (Lipinski definition) is 0. The summed E-state index contributed by atoms with van der Waals surface area (Å²) in [5.41, 5.74) is 0. The molecule has 0 aromatic rings. The van der Waals surface area contributed by atoms with Crippen LogP contribution in [-0.2, 0) is 36.1 Å². The molecule has 97 valence electrons. The third-order valence-electron chi connectivity index (χ3n) is 0. The van der Waals surface area contributed by atoms with Crippen LogP contribution in [0.1, 0.15) is 20.8 Å². The van der Waals surface area contributed by atoms with Crippen LogP contribution >= 0.6 is 0 Å². The zero-order chi connectivity index (χ0) is 10.7. The van der Waals surface area contributed by atoms with E-state index in [4.69, 9.17) is 29.7 Å². The predicted octanol–water partition coefficient (Wildman–Crippen LogP) is -6.21. The van der Waals surface area contributed by atoms with Gasteiger partial charge >= 0.3 is 21.7 Å². The molecule has 0 aromatic heterocycles. The summed E-state index contributed by atoms with van der Waals surface area (Å²) in [7, 11) is 0. The summed E-state index contributed by atoms with van der Waals surface area (Å²) in [6.07, 6.45) is 0. The number of rotatable bonds is 0. The molecular weight excluding hydrogens is 264 g/mol. The van der Waals surface area contributed by atoms with Gasteiger partial charge in [0.15, 0.2) is 0 Å². The average Bonchev–Trinajstić information content (AvgIpc) is 1.54. The van der Waals surface area contributed by atoms with Crippen molar-refractivity contribution in [1.29, 1.82) is 0 Å². The van der Waals surface area contributed by atoms with Gasteiger partial charge in [-0.25, -0.2) is 0 Å². The van der Waals surface area contributed by atoms with Crippen LogP contribution in [0, 0.1) is 0 Å². The molecule has 0 bridgehead atoms. The third kappa shape index (κ3) is 1890. The number of aliphatic carboxylic acids is 3. The van der Waals surface area contributed by atoms with Crippen molar-refractivity contribution in [3.63, 3.8) is 0 Å². The largest absolute Gasteiger partial charge is 3.00 e. The van der Waals surface area contributed by atoms with Crippen molar-refractivity contribution in [2.45, 2.75) is 20.8 Å². The Kier molecular flexibility index (Phi) is 106. The molecule has 0 amide bonds. The Hall–Kier alpha value is -0.996. The first-order valence-electron chi connectivity index (χ1n) is 2.72. The quantitative estimate of drug-likeness (QED) is 0.392. The molecular formula is C6H15O9Ti. The van der Waals surface area contributed by atoms with Crippen molar-refractivity contribution in [3.05, 3.63) is 0 Å². The smallest absolute Gasteiger partial charge is 0.550 e. The fourth-order valence-corrected chi connectivity index (χ4v) is 0. The topological polar surface area (TPSA) is 215 Å². The minimum absolute atomic E-state index is 0. The molecule has 0 aliphatic heterocycles. The zero-order valence-electron chi connectivity index (χ0n) is 8.95. The van der Waals surface area contributed by atoms with Crippen LogP contribution < -0.4 is 15.3 Å². The van der Waals surface area contributed by atoms with Gasteiger partial charge in [-0.2, -0.15) is 0 Å². The Morgan fingerprint density at radius 1 is 0.625 bits per heavy atom. The molecule has 0 rings (SSSR count). The summed E-state index contributed by atoms with van der Waals surface area (Å²) < 4.78 is 0. The fraction of sp³-hybridized carbons (Fsp3) is 0.500. The predicted molar refractivity (Wildman–Crippen MR) is 42.9 cm³/mol. The monoisotopic (exact) mass is 279 g/mol. The summed E-state index contributed by atoms with van der Waals surface area (Å²) in [4.78, 5) is 26.7. The van der Waals surface area contributed by atoms with E-state index in [1.807, 2.05) is 0 Å². The standard InChI is InChI=1S/3C2H4O2.3H2O.Ti/c3*1-2(3)4;;;;/h3*1H3,(H,3,4);3*1H2;/q;;;;;;+3/p-3. The van der Waals surface area contributed by atoms with E-state index in [2.05, 4.69) is 0 Å². The van der Waals surface area contributed by atoms with E-state index in [0.29, 0.717) is 0 Å². The maximum absolute atomic E-state index is 8.89. The molecule has 0 fully saturated rings. The Balaban J connectivity index is -0.0000000135. The Bertz CT molecular complexity index is 118. The molecule has 0 unspecified atom stereocenters. The van der Waals surface area contributed by atoms with Gasteiger partial charge in [0.1, 0.15) is 0 Å².